The molecular weight excluding hydrogens is 384 g/mol. The first kappa shape index (κ1) is 19.9. The van der Waals surface area contributed by atoms with Crippen LogP contribution in [0.25, 0.3) is 0 Å². The van der Waals surface area contributed by atoms with Crippen LogP contribution in [0.15, 0.2) is 52.3 Å². The summed E-state index contributed by atoms with van der Waals surface area (Å²) in [5, 5.41) is 5.41. The number of benzene rings is 2. The van der Waals surface area contributed by atoms with Crippen molar-refractivity contribution in [2.45, 2.75) is 29.7 Å². The average Bonchev–Trinajstić information content (AvgIpc) is 2.54. The van der Waals surface area contributed by atoms with Crippen molar-refractivity contribution >= 4 is 31.6 Å². The zero-order valence-electron chi connectivity index (χ0n) is 14.0. The summed E-state index contributed by atoms with van der Waals surface area (Å²) < 4.78 is 49.7. The Morgan fingerprint density at radius 1 is 1.04 bits per heavy atom. The highest BCUT2D eigenvalue weighted by Crippen LogP contribution is 2.29. The van der Waals surface area contributed by atoms with E-state index in [4.69, 9.17) is 16.7 Å². The molecule has 25 heavy (non-hydrogen) atoms. The fourth-order valence-corrected chi connectivity index (χ4v) is 4.71. The minimum Gasteiger partial charge on any atom is -0.225 e. The van der Waals surface area contributed by atoms with Crippen molar-refractivity contribution in [2.24, 2.45) is 5.14 Å². The van der Waals surface area contributed by atoms with E-state index in [1.165, 1.54) is 29.6 Å². The molecule has 6 nitrogen and oxygen atoms in total. The monoisotopic (exact) mass is 402 g/mol. The van der Waals surface area contributed by atoms with Crippen LogP contribution in [0.5, 0.6) is 0 Å². The van der Waals surface area contributed by atoms with Crippen LogP contribution in [0.4, 0.5) is 0 Å². The zero-order chi connectivity index (χ0) is 19.0. The number of nitrogens with zero attached hydrogens (tertiary/aromatic N) is 1. The van der Waals surface area contributed by atoms with E-state index < -0.39 is 26.1 Å². The Labute approximate surface area is 153 Å². The molecule has 0 radical (unpaired) electrons. The van der Waals surface area contributed by atoms with Crippen LogP contribution in [0.3, 0.4) is 0 Å². The molecule has 136 valence electrons. The molecule has 0 amide bonds. The molecule has 0 fully saturated rings. The number of rotatable bonds is 5. The van der Waals surface area contributed by atoms with Gasteiger partial charge in [-0.05, 0) is 49.2 Å². The minimum absolute atomic E-state index is 0.0281. The largest absolute Gasteiger partial charge is 0.243 e. The predicted molar refractivity (Wildman–Crippen MR) is 97.4 cm³/mol. The van der Waals surface area contributed by atoms with Gasteiger partial charge < -0.3 is 0 Å². The van der Waals surface area contributed by atoms with Gasteiger partial charge in [0.05, 0.1) is 9.79 Å². The first-order valence-corrected chi connectivity index (χ1v) is 10.7. The summed E-state index contributed by atoms with van der Waals surface area (Å²) in [6.07, 6.45) is 0. The smallest absolute Gasteiger partial charge is 0.225 e. The lowest BCUT2D eigenvalue weighted by atomic mass is 10.1. The second kappa shape index (κ2) is 7.05. The van der Waals surface area contributed by atoms with Crippen molar-refractivity contribution in [3.8, 4) is 0 Å². The molecule has 0 spiro atoms. The molecule has 2 N–H and O–H groups in total. The third-order valence-electron chi connectivity index (χ3n) is 4.04. The van der Waals surface area contributed by atoms with E-state index in [1.54, 1.807) is 38.1 Å². The van der Waals surface area contributed by atoms with Gasteiger partial charge in [0.2, 0.25) is 20.0 Å². The van der Waals surface area contributed by atoms with Crippen LogP contribution in [-0.2, 0) is 20.0 Å². The molecule has 0 aliphatic heterocycles. The molecule has 1 atom stereocenters. The number of sulfonamides is 2. The standard InChI is InChI=1S/C16H19ClN2O4S2/c1-11-4-7-14(17)10-16(11)25(22,23)19(3)12(2)13-5-8-15(9-6-13)24(18,20)21/h4-10,12H,1-3H3,(H2,18,20,21). The van der Waals surface area contributed by atoms with E-state index in [9.17, 15) is 16.8 Å². The van der Waals surface area contributed by atoms with E-state index >= 15 is 0 Å². The maximum Gasteiger partial charge on any atom is 0.243 e. The van der Waals surface area contributed by atoms with Crippen LogP contribution in [0, 0.1) is 6.92 Å². The van der Waals surface area contributed by atoms with Gasteiger partial charge in [-0.3, -0.25) is 0 Å². The van der Waals surface area contributed by atoms with Crippen molar-refractivity contribution in [3.05, 3.63) is 58.6 Å². The summed E-state index contributed by atoms with van der Waals surface area (Å²) in [4.78, 5) is 0.107. The normalized spacial score (nSPS) is 13.8. The number of nitrogens with two attached hydrogens (primary N) is 1. The van der Waals surface area contributed by atoms with Crippen LogP contribution in [0.1, 0.15) is 24.1 Å². The zero-order valence-corrected chi connectivity index (χ0v) is 16.4. The third kappa shape index (κ3) is 4.21. The summed E-state index contributed by atoms with van der Waals surface area (Å²) >= 11 is 5.93. The molecule has 1 unspecified atom stereocenters. The van der Waals surface area contributed by atoms with Gasteiger partial charge in [-0.1, -0.05) is 29.8 Å². The van der Waals surface area contributed by atoms with Crippen LogP contribution < -0.4 is 5.14 Å². The van der Waals surface area contributed by atoms with Gasteiger partial charge >= 0.3 is 0 Å². The van der Waals surface area contributed by atoms with Crippen molar-refractivity contribution in [1.29, 1.82) is 0 Å². The van der Waals surface area contributed by atoms with Gasteiger partial charge in [0.1, 0.15) is 0 Å². The Kier molecular flexibility index (Phi) is 5.60. The maximum absolute atomic E-state index is 12.9. The predicted octanol–water partition coefficient (Wildman–Crippen LogP) is 2.68. The molecule has 2 aromatic carbocycles. The average molecular weight is 403 g/mol. The number of aryl methyl sites for hydroxylation is 1. The molecular formula is C16H19ClN2O4S2. The van der Waals surface area contributed by atoms with Gasteiger partial charge in [0.15, 0.2) is 0 Å². The highest BCUT2D eigenvalue weighted by atomic mass is 35.5. The summed E-state index contributed by atoms with van der Waals surface area (Å²) in [5.41, 5.74) is 1.23. The van der Waals surface area contributed by atoms with Gasteiger partial charge in [0.25, 0.3) is 0 Å². The molecule has 0 aromatic heterocycles. The third-order valence-corrected chi connectivity index (χ3v) is 7.28. The first-order chi connectivity index (χ1) is 11.4. The first-order valence-electron chi connectivity index (χ1n) is 7.31. The lowest BCUT2D eigenvalue weighted by Crippen LogP contribution is -2.30. The highest BCUT2D eigenvalue weighted by molar-refractivity contribution is 7.89. The number of primary sulfonamides is 1. The molecule has 9 heteroatoms. The molecule has 0 saturated heterocycles. The van der Waals surface area contributed by atoms with Crippen molar-refractivity contribution in [3.63, 3.8) is 0 Å². The number of hydrogen-bond donors (Lipinski definition) is 1. The van der Waals surface area contributed by atoms with Gasteiger partial charge in [-0.15, -0.1) is 0 Å². The Bertz CT molecular complexity index is 987. The molecule has 0 saturated carbocycles. The van der Waals surface area contributed by atoms with Crippen molar-refractivity contribution in [1.82, 2.24) is 4.31 Å². The topological polar surface area (TPSA) is 97.5 Å². The lowest BCUT2D eigenvalue weighted by Gasteiger charge is -2.25. The molecule has 0 heterocycles. The van der Waals surface area contributed by atoms with Gasteiger partial charge in [-0.2, -0.15) is 4.31 Å². The lowest BCUT2D eigenvalue weighted by molar-refractivity contribution is 0.398. The summed E-state index contributed by atoms with van der Waals surface area (Å²) in [5.74, 6) is 0. The summed E-state index contributed by atoms with van der Waals surface area (Å²) in [6, 6.07) is 9.97. The van der Waals surface area contributed by atoms with Crippen molar-refractivity contribution in [2.75, 3.05) is 7.05 Å². The SMILES string of the molecule is Cc1ccc(Cl)cc1S(=O)(=O)N(C)C(C)c1ccc(S(N)(=O)=O)cc1. The summed E-state index contributed by atoms with van der Waals surface area (Å²) in [7, 11) is -6.10. The van der Waals surface area contributed by atoms with Crippen LogP contribution in [-0.4, -0.2) is 28.2 Å². The van der Waals surface area contributed by atoms with E-state index in [2.05, 4.69) is 0 Å². The second-order valence-corrected chi connectivity index (χ2v) is 9.68. The fraction of sp³-hybridized carbons (Fsp3) is 0.250. The second-order valence-electron chi connectivity index (χ2n) is 5.72. The van der Waals surface area contributed by atoms with Gasteiger partial charge in [0, 0.05) is 18.1 Å². The minimum atomic E-state index is -3.79. The Hall–Kier alpha value is -1.45. The molecule has 2 rings (SSSR count). The van der Waals surface area contributed by atoms with E-state index in [0.717, 1.165) is 0 Å². The maximum atomic E-state index is 12.9. The van der Waals surface area contributed by atoms with Crippen molar-refractivity contribution < 1.29 is 16.8 Å². The Morgan fingerprint density at radius 2 is 1.60 bits per heavy atom. The van der Waals surface area contributed by atoms with E-state index in [-0.39, 0.29) is 9.79 Å². The molecule has 0 aliphatic rings. The van der Waals surface area contributed by atoms with Crippen LogP contribution >= 0.6 is 11.6 Å². The fourth-order valence-electron chi connectivity index (χ4n) is 2.36. The summed E-state index contributed by atoms with van der Waals surface area (Å²) in [6.45, 7) is 3.41. The van der Waals surface area contributed by atoms with E-state index in [1.807, 2.05) is 0 Å². The molecule has 0 aliphatic carbocycles. The van der Waals surface area contributed by atoms with Crippen LogP contribution in [0.2, 0.25) is 5.02 Å². The molecule has 2 aromatic rings. The van der Waals surface area contributed by atoms with E-state index in [0.29, 0.717) is 16.1 Å². The quantitative estimate of drug-likeness (QED) is 0.831. The number of halogens is 1. The van der Waals surface area contributed by atoms with Gasteiger partial charge in [-0.25, -0.2) is 22.0 Å². The Balaban J connectivity index is 2.38. The highest BCUT2D eigenvalue weighted by Gasteiger charge is 2.28. The number of hydrogen-bond acceptors (Lipinski definition) is 4. The molecule has 0 bridgehead atoms. The Morgan fingerprint density at radius 3 is 2.12 bits per heavy atom.